The average Bonchev–Trinajstić information content (AvgIpc) is 1.83. The maximum atomic E-state index is 2.95. The molecule has 0 amide bonds. The third-order valence-corrected chi connectivity index (χ3v) is 0.808. The SMILES string of the molecule is C[C-]=CNC(C)=[C-]C.[CH3-].[Y+3].[Y]. The standard InChI is InChI=1S/C7H11N.CH3.2Y/c1-4-6-8-7(3)5-2;;;/h6,8H,1-3H3;1H3;;/q-2;-1;;+3. The van der Waals surface area contributed by atoms with E-state index >= 15 is 0 Å². The predicted molar refractivity (Wildman–Crippen MR) is 41.1 cm³/mol. The van der Waals surface area contributed by atoms with E-state index in [0.29, 0.717) is 0 Å². The number of nitrogens with one attached hydrogen (secondary N) is 1. The van der Waals surface area contributed by atoms with Crippen molar-refractivity contribution in [2.45, 2.75) is 20.8 Å². The zero-order valence-electron chi connectivity index (χ0n) is 7.73. The molecule has 1 N–H and O–H groups in total. The first-order valence-electron chi connectivity index (χ1n) is 2.58. The minimum absolute atomic E-state index is 0. The Labute approximate surface area is 121 Å². The van der Waals surface area contributed by atoms with Crippen LogP contribution in [0.15, 0.2) is 11.9 Å². The van der Waals surface area contributed by atoms with Crippen LogP contribution in [0.25, 0.3) is 0 Å². The van der Waals surface area contributed by atoms with Crippen LogP contribution < -0.4 is 5.32 Å². The van der Waals surface area contributed by atoms with Gasteiger partial charge in [0.05, 0.1) is 0 Å². The molecular weight excluding hydrogens is 288 g/mol. The van der Waals surface area contributed by atoms with Crippen LogP contribution in [0.2, 0.25) is 0 Å². The molecule has 0 aromatic carbocycles. The topological polar surface area (TPSA) is 12.0 Å². The van der Waals surface area contributed by atoms with Gasteiger partial charge in [-0.2, -0.15) is 25.7 Å². The van der Waals surface area contributed by atoms with Crippen LogP contribution in [-0.2, 0) is 65.4 Å². The second-order valence-corrected chi connectivity index (χ2v) is 1.45. The number of hydrogen-bond acceptors (Lipinski definition) is 1. The van der Waals surface area contributed by atoms with Crippen molar-refractivity contribution in [1.82, 2.24) is 5.32 Å². The molecule has 1 radical (unpaired) electrons. The molecule has 0 rings (SSSR count). The molecule has 3 heteroatoms. The molecule has 0 saturated heterocycles. The van der Waals surface area contributed by atoms with Crippen LogP contribution in [0.4, 0.5) is 0 Å². The van der Waals surface area contributed by atoms with E-state index < -0.39 is 0 Å². The normalized spacial score (nSPS) is 9.18. The van der Waals surface area contributed by atoms with Gasteiger partial charge in [-0.1, -0.05) is 6.92 Å². The first-order chi connectivity index (χ1) is 3.81. The Morgan fingerprint density at radius 1 is 1.36 bits per heavy atom. The Balaban J connectivity index is -0.0000000817. The molecule has 57 valence electrons. The van der Waals surface area contributed by atoms with E-state index in [-0.39, 0.29) is 72.8 Å². The molecule has 0 unspecified atom stereocenters. The van der Waals surface area contributed by atoms with Crippen molar-refractivity contribution < 1.29 is 65.4 Å². The van der Waals surface area contributed by atoms with Crippen molar-refractivity contribution in [2.24, 2.45) is 0 Å². The molecule has 0 spiro atoms. The van der Waals surface area contributed by atoms with Gasteiger partial charge in [-0.05, 0) is 0 Å². The summed E-state index contributed by atoms with van der Waals surface area (Å²) < 4.78 is 0. The average molecular weight is 302 g/mol. The fourth-order valence-corrected chi connectivity index (χ4v) is 0.253. The molecule has 1 nitrogen and oxygen atoms in total. The van der Waals surface area contributed by atoms with Gasteiger partial charge >= 0.3 is 32.7 Å². The second-order valence-electron chi connectivity index (χ2n) is 1.45. The van der Waals surface area contributed by atoms with Crippen LogP contribution in [-0.4, -0.2) is 0 Å². The molecule has 0 aliphatic heterocycles. The van der Waals surface area contributed by atoms with E-state index in [1.807, 2.05) is 20.8 Å². The van der Waals surface area contributed by atoms with Crippen LogP contribution in [0, 0.1) is 19.6 Å². The number of rotatable bonds is 2. The smallest absolute Gasteiger partial charge is 0.483 e. The molecule has 0 bridgehead atoms. The zero-order chi connectivity index (χ0) is 6.41. The van der Waals surface area contributed by atoms with Gasteiger partial charge in [-0.25, -0.2) is 0 Å². The van der Waals surface area contributed by atoms with Crippen molar-refractivity contribution in [3.8, 4) is 0 Å². The number of hydrogen-bond donors (Lipinski definition) is 1. The van der Waals surface area contributed by atoms with Gasteiger partial charge in [0, 0.05) is 32.7 Å². The summed E-state index contributed by atoms with van der Waals surface area (Å²) in [7, 11) is 0. The summed E-state index contributed by atoms with van der Waals surface area (Å²) in [4.78, 5) is 0. The Morgan fingerprint density at radius 2 is 1.82 bits per heavy atom. The summed E-state index contributed by atoms with van der Waals surface area (Å²) in [6.07, 6.45) is 7.53. The van der Waals surface area contributed by atoms with Gasteiger partial charge in [-0.15, -0.1) is 0 Å². The maximum absolute atomic E-state index is 2.95. The maximum Gasteiger partial charge on any atom is 3.00 e. The van der Waals surface area contributed by atoms with Crippen LogP contribution in [0.1, 0.15) is 20.8 Å². The van der Waals surface area contributed by atoms with E-state index in [2.05, 4.69) is 17.5 Å². The van der Waals surface area contributed by atoms with E-state index in [4.69, 9.17) is 0 Å². The fraction of sp³-hybridized carbons (Fsp3) is 0.375. The van der Waals surface area contributed by atoms with Crippen molar-refractivity contribution in [2.75, 3.05) is 0 Å². The first kappa shape index (κ1) is 22.9. The molecule has 0 saturated carbocycles. The van der Waals surface area contributed by atoms with Crippen molar-refractivity contribution in [1.29, 1.82) is 0 Å². The molecule has 0 fully saturated rings. The summed E-state index contributed by atoms with van der Waals surface area (Å²) in [5.41, 5.74) is 1.03. The van der Waals surface area contributed by atoms with Gasteiger partial charge in [0.25, 0.3) is 0 Å². The zero-order valence-corrected chi connectivity index (χ0v) is 13.4. The van der Waals surface area contributed by atoms with Gasteiger partial charge in [0.15, 0.2) is 0 Å². The summed E-state index contributed by atoms with van der Waals surface area (Å²) in [5, 5.41) is 2.95. The van der Waals surface area contributed by atoms with Crippen molar-refractivity contribution in [3.05, 3.63) is 31.5 Å². The summed E-state index contributed by atoms with van der Waals surface area (Å²) >= 11 is 0. The Morgan fingerprint density at radius 3 is 2.09 bits per heavy atom. The fourth-order valence-electron chi connectivity index (χ4n) is 0.253. The first-order valence-corrected chi connectivity index (χ1v) is 2.58. The third-order valence-electron chi connectivity index (χ3n) is 0.808. The third kappa shape index (κ3) is 18.4. The monoisotopic (exact) mass is 302 g/mol. The predicted octanol–water partition coefficient (Wildman–Crippen LogP) is 2.08. The quantitative estimate of drug-likeness (QED) is 0.770. The summed E-state index contributed by atoms with van der Waals surface area (Å²) in [5.74, 6) is 0. The van der Waals surface area contributed by atoms with Crippen molar-refractivity contribution in [3.63, 3.8) is 0 Å². The molecule has 11 heavy (non-hydrogen) atoms. The summed E-state index contributed by atoms with van der Waals surface area (Å²) in [6, 6.07) is 0. The minimum atomic E-state index is 0. The second kappa shape index (κ2) is 17.5. The Hall–Kier alpha value is 1.49. The van der Waals surface area contributed by atoms with Gasteiger partial charge < -0.3 is 24.9 Å². The van der Waals surface area contributed by atoms with Crippen LogP contribution >= 0.6 is 0 Å². The van der Waals surface area contributed by atoms with Gasteiger partial charge in [0.2, 0.25) is 0 Å². The van der Waals surface area contributed by atoms with Crippen LogP contribution in [0.5, 0.6) is 0 Å². The van der Waals surface area contributed by atoms with Gasteiger partial charge in [-0.3, -0.25) is 0 Å². The van der Waals surface area contributed by atoms with E-state index in [0.717, 1.165) is 5.70 Å². The molecule has 0 aromatic rings. The molecule has 0 heterocycles. The molecule has 0 atom stereocenters. The molecule has 0 aromatic heterocycles. The minimum Gasteiger partial charge on any atom is -0.483 e. The number of allylic oxidation sites excluding steroid dienone is 3. The Kier molecular flexibility index (Phi) is 36.5. The van der Waals surface area contributed by atoms with Crippen molar-refractivity contribution >= 4 is 0 Å². The largest absolute Gasteiger partial charge is 3.00 e. The van der Waals surface area contributed by atoms with E-state index in [1.54, 1.807) is 6.20 Å². The van der Waals surface area contributed by atoms with Crippen LogP contribution in [0.3, 0.4) is 0 Å². The van der Waals surface area contributed by atoms with E-state index in [1.165, 1.54) is 0 Å². The molecule has 0 aliphatic rings. The summed E-state index contributed by atoms with van der Waals surface area (Å²) in [6.45, 7) is 5.66. The van der Waals surface area contributed by atoms with Gasteiger partial charge in [0.1, 0.15) is 0 Å². The molecular formula is C8H14NY2. The molecule has 0 aliphatic carbocycles. The Bertz CT molecular complexity index is 109. The van der Waals surface area contributed by atoms with E-state index in [9.17, 15) is 0 Å².